The minimum Gasteiger partial charge on any atom is -0.494 e. The largest absolute Gasteiger partial charge is 0.494 e. The second kappa shape index (κ2) is 6.27. The van der Waals surface area contributed by atoms with E-state index in [-0.39, 0.29) is 0 Å². The fourth-order valence-corrected chi connectivity index (χ4v) is 2.77. The molecule has 1 aliphatic heterocycles. The number of aryl methyl sites for hydroxylation is 1. The summed E-state index contributed by atoms with van der Waals surface area (Å²) < 4.78 is 5.70. The van der Waals surface area contributed by atoms with E-state index in [2.05, 4.69) is 4.90 Å². The highest BCUT2D eigenvalue weighted by Gasteiger charge is 2.42. The van der Waals surface area contributed by atoms with E-state index in [4.69, 9.17) is 4.74 Å². The maximum atomic E-state index is 11.4. The average molecular weight is 277 g/mol. The molecule has 0 aromatic heterocycles. The molecular weight excluding hydrogens is 254 g/mol. The average Bonchev–Trinajstić information content (AvgIpc) is 2.78. The molecule has 1 atom stereocenters. The molecule has 0 amide bonds. The first kappa shape index (κ1) is 14.9. The molecule has 1 N–H and O–H groups in total. The molecule has 2 rings (SSSR count). The van der Waals surface area contributed by atoms with Crippen LogP contribution in [0.1, 0.15) is 31.7 Å². The smallest absolute Gasteiger partial charge is 0.323 e. The van der Waals surface area contributed by atoms with Crippen LogP contribution in [-0.4, -0.2) is 41.2 Å². The van der Waals surface area contributed by atoms with E-state index >= 15 is 0 Å². The van der Waals surface area contributed by atoms with Crippen LogP contribution in [0.4, 0.5) is 0 Å². The van der Waals surface area contributed by atoms with E-state index in [0.717, 1.165) is 38.1 Å². The molecule has 1 aliphatic rings. The maximum absolute atomic E-state index is 11.4. The second-order valence-electron chi connectivity index (χ2n) is 5.69. The summed E-state index contributed by atoms with van der Waals surface area (Å²) >= 11 is 0. The molecular formula is C16H23NO3. The lowest BCUT2D eigenvalue weighted by Crippen LogP contribution is -2.48. The first-order valence-corrected chi connectivity index (χ1v) is 7.20. The summed E-state index contributed by atoms with van der Waals surface area (Å²) in [6.07, 6.45) is 2.54. The van der Waals surface area contributed by atoms with Gasteiger partial charge in [0.15, 0.2) is 0 Å². The zero-order valence-electron chi connectivity index (χ0n) is 12.3. The fraction of sp³-hybridized carbons (Fsp3) is 0.562. The molecule has 1 fully saturated rings. The molecule has 110 valence electrons. The summed E-state index contributed by atoms with van der Waals surface area (Å²) in [5.74, 6) is 0.169. The third-order valence-corrected chi connectivity index (χ3v) is 4.08. The third-order valence-electron chi connectivity index (χ3n) is 4.08. The van der Waals surface area contributed by atoms with E-state index in [1.54, 1.807) is 0 Å². The minimum absolute atomic E-state index is 0.621. The lowest BCUT2D eigenvalue weighted by atomic mass is 9.99. The summed E-state index contributed by atoms with van der Waals surface area (Å²) in [4.78, 5) is 13.4. The van der Waals surface area contributed by atoms with E-state index < -0.39 is 11.5 Å². The van der Waals surface area contributed by atoms with E-state index in [9.17, 15) is 9.90 Å². The zero-order valence-corrected chi connectivity index (χ0v) is 12.3. The number of aliphatic carboxylic acids is 1. The van der Waals surface area contributed by atoms with Gasteiger partial charge in [0.25, 0.3) is 0 Å². The number of rotatable bonds is 6. The predicted molar refractivity (Wildman–Crippen MR) is 78.1 cm³/mol. The molecule has 1 aromatic carbocycles. The Morgan fingerprint density at radius 1 is 1.50 bits per heavy atom. The van der Waals surface area contributed by atoms with Crippen LogP contribution in [0.3, 0.4) is 0 Å². The van der Waals surface area contributed by atoms with Crippen molar-refractivity contribution in [1.82, 2.24) is 4.90 Å². The Kier molecular flexibility index (Phi) is 4.65. The highest BCUT2D eigenvalue weighted by atomic mass is 16.5. The normalized spacial score (nSPS) is 22.9. The third kappa shape index (κ3) is 3.31. The van der Waals surface area contributed by atoms with Gasteiger partial charge in [0.2, 0.25) is 0 Å². The molecule has 0 spiro atoms. The molecule has 0 saturated carbocycles. The number of ether oxygens (including phenoxy) is 1. The van der Waals surface area contributed by atoms with Gasteiger partial charge in [0, 0.05) is 6.54 Å². The van der Waals surface area contributed by atoms with Crippen molar-refractivity contribution >= 4 is 5.97 Å². The van der Waals surface area contributed by atoms with Crippen LogP contribution >= 0.6 is 0 Å². The number of benzene rings is 1. The summed E-state index contributed by atoms with van der Waals surface area (Å²) in [7, 11) is 0. The van der Waals surface area contributed by atoms with Crippen LogP contribution in [0.15, 0.2) is 24.3 Å². The van der Waals surface area contributed by atoms with Crippen LogP contribution in [0.2, 0.25) is 0 Å². The highest BCUT2D eigenvalue weighted by molar-refractivity contribution is 5.78. The highest BCUT2D eigenvalue weighted by Crippen LogP contribution is 2.29. The van der Waals surface area contributed by atoms with E-state index in [0.29, 0.717) is 6.61 Å². The molecule has 1 unspecified atom stereocenters. The lowest BCUT2D eigenvalue weighted by Gasteiger charge is -2.31. The summed E-state index contributed by atoms with van der Waals surface area (Å²) in [5.41, 5.74) is 0.490. The van der Waals surface area contributed by atoms with Crippen LogP contribution in [0.25, 0.3) is 0 Å². The SMILES string of the molecule is Cc1cccc(OCCCN2CCCC2(C)C(=O)O)c1. The van der Waals surface area contributed by atoms with E-state index in [1.807, 2.05) is 38.1 Å². The van der Waals surface area contributed by atoms with Gasteiger partial charge in [-0.1, -0.05) is 12.1 Å². The Labute approximate surface area is 120 Å². The van der Waals surface area contributed by atoms with Crippen molar-refractivity contribution in [3.63, 3.8) is 0 Å². The van der Waals surface area contributed by atoms with Gasteiger partial charge in [-0.2, -0.15) is 0 Å². The molecule has 20 heavy (non-hydrogen) atoms. The second-order valence-corrected chi connectivity index (χ2v) is 5.69. The first-order valence-electron chi connectivity index (χ1n) is 7.20. The van der Waals surface area contributed by atoms with Crippen molar-refractivity contribution in [2.45, 2.75) is 38.6 Å². The number of nitrogens with zero attached hydrogens (tertiary/aromatic N) is 1. The van der Waals surface area contributed by atoms with Crippen molar-refractivity contribution in [3.05, 3.63) is 29.8 Å². The number of carboxylic acids is 1. The number of carboxylic acid groups (broad SMARTS) is 1. The summed E-state index contributed by atoms with van der Waals surface area (Å²) in [5, 5.41) is 9.34. The van der Waals surface area contributed by atoms with Gasteiger partial charge < -0.3 is 9.84 Å². The number of hydrogen-bond donors (Lipinski definition) is 1. The van der Waals surface area contributed by atoms with Crippen molar-refractivity contribution < 1.29 is 14.6 Å². The first-order chi connectivity index (χ1) is 9.52. The van der Waals surface area contributed by atoms with Gasteiger partial charge >= 0.3 is 5.97 Å². The monoisotopic (exact) mass is 277 g/mol. The fourth-order valence-electron chi connectivity index (χ4n) is 2.77. The Morgan fingerprint density at radius 3 is 3.00 bits per heavy atom. The zero-order chi connectivity index (χ0) is 14.6. The van der Waals surface area contributed by atoms with Gasteiger partial charge in [0.05, 0.1) is 6.61 Å². The van der Waals surface area contributed by atoms with Gasteiger partial charge in [0.1, 0.15) is 11.3 Å². The van der Waals surface area contributed by atoms with Crippen LogP contribution in [0, 0.1) is 6.92 Å². The minimum atomic E-state index is -0.713. The summed E-state index contributed by atoms with van der Waals surface area (Å²) in [6.45, 7) is 6.12. The maximum Gasteiger partial charge on any atom is 0.323 e. The number of hydrogen-bond acceptors (Lipinski definition) is 3. The van der Waals surface area contributed by atoms with Crippen molar-refractivity contribution in [2.24, 2.45) is 0 Å². The Hall–Kier alpha value is -1.55. The Bertz CT molecular complexity index is 475. The van der Waals surface area contributed by atoms with E-state index in [1.165, 1.54) is 5.56 Å². The van der Waals surface area contributed by atoms with Crippen LogP contribution in [-0.2, 0) is 4.79 Å². The van der Waals surface area contributed by atoms with Crippen molar-refractivity contribution in [2.75, 3.05) is 19.7 Å². The number of likely N-dealkylation sites (tertiary alicyclic amines) is 1. The number of carbonyl (C=O) groups is 1. The molecule has 1 saturated heterocycles. The van der Waals surface area contributed by atoms with Crippen LogP contribution in [0.5, 0.6) is 5.75 Å². The quantitative estimate of drug-likeness (QED) is 0.812. The van der Waals surface area contributed by atoms with Gasteiger partial charge in [-0.05, 0) is 57.4 Å². The topological polar surface area (TPSA) is 49.8 Å². The summed E-state index contributed by atoms with van der Waals surface area (Å²) in [6, 6.07) is 7.98. The Morgan fingerprint density at radius 2 is 2.30 bits per heavy atom. The standard InChI is InChI=1S/C16H23NO3/c1-13-6-3-7-14(12-13)20-11-5-10-17-9-4-8-16(17,2)15(18)19/h3,6-7,12H,4-5,8-11H2,1-2H3,(H,18,19). The van der Waals surface area contributed by atoms with Crippen LogP contribution < -0.4 is 4.74 Å². The predicted octanol–water partition coefficient (Wildman–Crippen LogP) is 2.70. The van der Waals surface area contributed by atoms with Gasteiger partial charge in [-0.3, -0.25) is 9.69 Å². The molecule has 1 aromatic rings. The van der Waals surface area contributed by atoms with Gasteiger partial charge in [-0.25, -0.2) is 0 Å². The Balaban J connectivity index is 1.77. The molecule has 0 aliphatic carbocycles. The van der Waals surface area contributed by atoms with Crippen molar-refractivity contribution in [3.8, 4) is 5.75 Å². The molecule has 0 bridgehead atoms. The molecule has 4 heteroatoms. The van der Waals surface area contributed by atoms with Crippen molar-refractivity contribution in [1.29, 1.82) is 0 Å². The van der Waals surface area contributed by atoms with Gasteiger partial charge in [-0.15, -0.1) is 0 Å². The molecule has 0 radical (unpaired) electrons. The molecule has 4 nitrogen and oxygen atoms in total. The molecule has 1 heterocycles. The lowest BCUT2D eigenvalue weighted by molar-refractivity contribution is -0.148.